The molecule has 1 aliphatic heterocycles. The number of hydrogen-bond acceptors (Lipinski definition) is 6. The van der Waals surface area contributed by atoms with Crippen molar-refractivity contribution in [1.82, 2.24) is 14.1 Å². The number of hydrogen-bond donors (Lipinski definition) is 1. The number of ether oxygens (including phenoxy) is 2. The van der Waals surface area contributed by atoms with Crippen molar-refractivity contribution in [3.63, 3.8) is 0 Å². The Hall–Kier alpha value is -3.37. The first kappa shape index (κ1) is 24.7. The molecule has 35 heavy (non-hydrogen) atoms. The van der Waals surface area contributed by atoms with Crippen molar-refractivity contribution in [2.24, 2.45) is 5.92 Å². The van der Waals surface area contributed by atoms with E-state index in [1.807, 2.05) is 30.3 Å². The fraction of sp³-hybridized carbons (Fsp3) is 0.360. The van der Waals surface area contributed by atoms with Crippen molar-refractivity contribution < 1.29 is 22.7 Å². The largest absolute Gasteiger partial charge is 0.497 e. The van der Waals surface area contributed by atoms with Gasteiger partial charge in [-0.25, -0.2) is 13.1 Å². The summed E-state index contributed by atoms with van der Waals surface area (Å²) in [6, 6.07) is 14.6. The number of nitrogens with zero attached hydrogens (tertiary/aromatic N) is 3. The van der Waals surface area contributed by atoms with Gasteiger partial charge >= 0.3 is 0 Å². The fourth-order valence-electron chi connectivity index (χ4n) is 4.46. The van der Waals surface area contributed by atoms with Gasteiger partial charge in [0.25, 0.3) is 0 Å². The van der Waals surface area contributed by atoms with E-state index in [0.717, 1.165) is 5.69 Å². The Labute approximate surface area is 205 Å². The first-order chi connectivity index (χ1) is 16.8. The minimum atomic E-state index is -3.76. The summed E-state index contributed by atoms with van der Waals surface area (Å²) in [6.45, 7) is 3.98. The lowest BCUT2D eigenvalue weighted by molar-refractivity contribution is -0.120. The molecule has 0 atom stereocenters. The number of anilines is 1. The van der Waals surface area contributed by atoms with Crippen LogP contribution >= 0.6 is 0 Å². The Morgan fingerprint density at radius 2 is 1.71 bits per heavy atom. The summed E-state index contributed by atoms with van der Waals surface area (Å²) >= 11 is 0. The van der Waals surface area contributed by atoms with Gasteiger partial charge in [-0.15, -0.1) is 0 Å². The van der Waals surface area contributed by atoms with Gasteiger partial charge in [0.15, 0.2) is 0 Å². The van der Waals surface area contributed by atoms with Crippen LogP contribution in [0.2, 0.25) is 0 Å². The normalized spacial score (nSPS) is 15.1. The van der Waals surface area contributed by atoms with E-state index in [4.69, 9.17) is 9.47 Å². The lowest BCUT2D eigenvalue weighted by atomic mass is 9.97. The van der Waals surface area contributed by atoms with Gasteiger partial charge in [0, 0.05) is 25.1 Å². The van der Waals surface area contributed by atoms with Crippen LogP contribution in [0.3, 0.4) is 0 Å². The molecule has 10 heteroatoms. The molecule has 2 heterocycles. The second-order valence-electron chi connectivity index (χ2n) is 8.48. The van der Waals surface area contributed by atoms with Gasteiger partial charge in [-0.1, -0.05) is 18.2 Å². The molecule has 0 aliphatic carbocycles. The minimum Gasteiger partial charge on any atom is -0.497 e. The molecule has 0 radical (unpaired) electrons. The van der Waals surface area contributed by atoms with Crippen LogP contribution in [0, 0.1) is 19.8 Å². The Bertz CT molecular complexity index is 1310. The Balaban J connectivity index is 1.47. The highest BCUT2D eigenvalue weighted by Crippen LogP contribution is 2.32. The number of aryl methyl sites for hydroxylation is 1. The third-order valence-electron chi connectivity index (χ3n) is 6.31. The zero-order valence-corrected chi connectivity index (χ0v) is 21.1. The number of rotatable bonds is 7. The summed E-state index contributed by atoms with van der Waals surface area (Å²) in [5.74, 6) is 0.647. The molecule has 1 amide bonds. The number of carbonyl (C=O) groups is 1. The molecule has 1 aliphatic rings. The van der Waals surface area contributed by atoms with E-state index in [1.165, 1.54) is 11.4 Å². The summed E-state index contributed by atoms with van der Waals surface area (Å²) in [7, 11) is -0.672. The zero-order chi connectivity index (χ0) is 25.2. The lowest BCUT2D eigenvalue weighted by Gasteiger charge is -2.30. The Morgan fingerprint density at radius 3 is 2.34 bits per heavy atom. The third kappa shape index (κ3) is 4.89. The molecule has 0 unspecified atom stereocenters. The number of benzene rings is 2. The van der Waals surface area contributed by atoms with Crippen molar-refractivity contribution in [2.75, 3.05) is 32.6 Å². The van der Waals surface area contributed by atoms with Gasteiger partial charge in [-0.2, -0.15) is 9.40 Å². The van der Waals surface area contributed by atoms with Gasteiger partial charge in [0.05, 0.1) is 37.0 Å². The van der Waals surface area contributed by atoms with Crippen LogP contribution in [-0.4, -0.2) is 55.7 Å². The monoisotopic (exact) mass is 498 g/mol. The molecule has 2 aromatic carbocycles. The quantitative estimate of drug-likeness (QED) is 0.535. The first-order valence-corrected chi connectivity index (χ1v) is 12.8. The van der Waals surface area contributed by atoms with Crippen LogP contribution in [-0.2, 0) is 14.8 Å². The molecule has 0 saturated carbocycles. The number of para-hydroxylation sites is 1. The standard InChI is InChI=1S/C25H30N4O5S/c1-17-24(18(2)29(27-17)20-8-6-5-7-9-20)35(31,32)28-14-12-19(13-15-28)25(30)26-22-16-21(33-3)10-11-23(22)34-4/h5-11,16,19H,12-15H2,1-4H3,(H,26,30). The van der Waals surface area contributed by atoms with Crippen LogP contribution in [0.4, 0.5) is 5.69 Å². The predicted molar refractivity (Wildman–Crippen MR) is 133 cm³/mol. The molecular weight excluding hydrogens is 468 g/mol. The van der Waals surface area contributed by atoms with Crippen LogP contribution in [0.1, 0.15) is 24.2 Å². The summed E-state index contributed by atoms with van der Waals surface area (Å²) in [5.41, 5.74) is 2.35. The molecule has 1 fully saturated rings. The van der Waals surface area contributed by atoms with Crippen LogP contribution < -0.4 is 14.8 Å². The van der Waals surface area contributed by atoms with Gasteiger partial charge in [0.2, 0.25) is 15.9 Å². The molecule has 4 rings (SSSR count). The highest BCUT2D eigenvalue weighted by atomic mass is 32.2. The minimum absolute atomic E-state index is 0.169. The molecule has 186 valence electrons. The van der Waals surface area contributed by atoms with E-state index in [-0.39, 0.29) is 29.8 Å². The molecule has 3 aromatic rings. The average molecular weight is 499 g/mol. The van der Waals surface area contributed by atoms with E-state index in [0.29, 0.717) is 41.4 Å². The van der Waals surface area contributed by atoms with Crippen LogP contribution in [0.25, 0.3) is 5.69 Å². The zero-order valence-electron chi connectivity index (χ0n) is 20.3. The molecule has 1 aromatic heterocycles. The number of amides is 1. The average Bonchev–Trinajstić information content (AvgIpc) is 3.18. The van der Waals surface area contributed by atoms with E-state index in [1.54, 1.807) is 43.8 Å². The molecule has 9 nitrogen and oxygen atoms in total. The topological polar surface area (TPSA) is 103 Å². The SMILES string of the molecule is COc1ccc(OC)c(NC(=O)C2CCN(S(=O)(=O)c3c(C)nn(-c4ccccc4)c3C)CC2)c1. The highest BCUT2D eigenvalue weighted by molar-refractivity contribution is 7.89. The summed E-state index contributed by atoms with van der Waals surface area (Å²) in [5, 5.41) is 7.39. The number of aromatic nitrogens is 2. The summed E-state index contributed by atoms with van der Waals surface area (Å²) in [6.07, 6.45) is 0.838. The lowest BCUT2D eigenvalue weighted by Crippen LogP contribution is -2.41. The Morgan fingerprint density at radius 1 is 1.03 bits per heavy atom. The Kier molecular flexibility index (Phi) is 7.13. The number of piperidine rings is 1. The smallest absolute Gasteiger partial charge is 0.246 e. The second-order valence-corrected chi connectivity index (χ2v) is 10.4. The maximum absolute atomic E-state index is 13.5. The van der Waals surface area contributed by atoms with Gasteiger partial charge in [-0.05, 0) is 51.0 Å². The van der Waals surface area contributed by atoms with Gasteiger partial charge in [-0.3, -0.25) is 4.79 Å². The predicted octanol–water partition coefficient (Wildman–Crippen LogP) is 3.55. The van der Waals surface area contributed by atoms with E-state index in [2.05, 4.69) is 10.4 Å². The number of nitrogens with one attached hydrogen (secondary N) is 1. The van der Waals surface area contributed by atoms with Gasteiger partial charge < -0.3 is 14.8 Å². The van der Waals surface area contributed by atoms with E-state index < -0.39 is 10.0 Å². The number of carbonyl (C=O) groups excluding carboxylic acids is 1. The second kappa shape index (κ2) is 10.1. The van der Waals surface area contributed by atoms with E-state index >= 15 is 0 Å². The molecular formula is C25H30N4O5S. The van der Waals surface area contributed by atoms with Crippen molar-refractivity contribution >= 4 is 21.6 Å². The molecule has 1 saturated heterocycles. The van der Waals surface area contributed by atoms with Crippen molar-refractivity contribution in [1.29, 1.82) is 0 Å². The first-order valence-electron chi connectivity index (χ1n) is 11.4. The molecule has 1 N–H and O–H groups in total. The van der Waals surface area contributed by atoms with Crippen molar-refractivity contribution in [3.8, 4) is 17.2 Å². The van der Waals surface area contributed by atoms with Crippen molar-refractivity contribution in [2.45, 2.75) is 31.6 Å². The van der Waals surface area contributed by atoms with E-state index in [9.17, 15) is 13.2 Å². The third-order valence-corrected chi connectivity index (χ3v) is 8.46. The fourth-order valence-corrected chi connectivity index (χ4v) is 6.28. The van der Waals surface area contributed by atoms with Crippen molar-refractivity contribution in [3.05, 3.63) is 59.9 Å². The molecule has 0 spiro atoms. The highest BCUT2D eigenvalue weighted by Gasteiger charge is 2.35. The van der Waals surface area contributed by atoms with Crippen LogP contribution in [0.5, 0.6) is 11.5 Å². The van der Waals surface area contributed by atoms with Crippen LogP contribution in [0.15, 0.2) is 53.4 Å². The van der Waals surface area contributed by atoms with Gasteiger partial charge in [0.1, 0.15) is 16.4 Å². The molecule has 0 bridgehead atoms. The summed E-state index contributed by atoms with van der Waals surface area (Å²) < 4.78 is 40.8. The maximum atomic E-state index is 13.5. The number of sulfonamides is 1. The summed E-state index contributed by atoms with van der Waals surface area (Å²) in [4.78, 5) is 13.2. The maximum Gasteiger partial charge on any atom is 0.246 e. The number of methoxy groups -OCH3 is 2.